The van der Waals surface area contributed by atoms with E-state index in [9.17, 15) is 9.59 Å². The van der Waals surface area contributed by atoms with Crippen molar-refractivity contribution in [2.75, 3.05) is 32.8 Å². The molecule has 3 amide bonds. The van der Waals surface area contributed by atoms with E-state index in [-0.39, 0.29) is 11.9 Å². The third kappa shape index (κ3) is 4.61. The minimum Gasteiger partial charge on any atom is -0.494 e. The summed E-state index contributed by atoms with van der Waals surface area (Å²) in [5.74, 6) is 1.36. The smallest absolute Gasteiger partial charge is 0.325 e. The van der Waals surface area contributed by atoms with Gasteiger partial charge in [-0.2, -0.15) is 0 Å². The predicted molar refractivity (Wildman–Crippen MR) is 105 cm³/mol. The topological polar surface area (TPSA) is 61.9 Å². The number of benzene rings is 1. The van der Waals surface area contributed by atoms with Crippen molar-refractivity contribution in [3.63, 3.8) is 0 Å². The fraction of sp³-hybridized carbons (Fsp3) is 0.619. The summed E-state index contributed by atoms with van der Waals surface area (Å²) in [7, 11) is 0. The van der Waals surface area contributed by atoms with Crippen molar-refractivity contribution in [1.82, 2.24) is 15.1 Å². The monoisotopic (exact) mass is 373 g/mol. The van der Waals surface area contributed by atoms with Crippen molar-refractivity contribution in [2.45, 2.75) is 45.6 Å². The van der Waals surface area contributed by atoms with Crippen LogP contribution in [-0.2, 0) is 4.79 Å². The molecule has 2 saturated heterocycles. The van der Waals surface area contributed by atoms with Gasteiger partial charge in [0.2, 0.25) is 0 Å². The van der Waals surface area contributed by atoms with Crippen molar-refractivity contribution in [3.8, 4) is 5.75 Å². The molecular weight excluding hydrogens is 342 g/mol. The highest BCUT2D eigenvalue weighted by molar-refractivity contribution is 6.07. The van der Waals surface area contributed by atoms with Gasteiger partial charge in [0.25, 0.3) is 5.91 Å². The SMILES string of the molecule is Cc1ccc(OCCCN2C(=O)NC3(CCN(CC(C)C)CC3)C2=O)cc1. The molecule has 0 saturated carbocycles. The zero-order valence-electron chi connectivity index (χ0n) is 16.7. The standard InChI is InChI=1S/C21H31N3O3/c1-16(2)15-23-12-9-21(10-13-23)19(25)24(20(26)22-21)11-4-14-27-18-7-5-17(3)6-8-18/h5-8,16H,4,9-15H2,1-3H3,(H,22,26). The Balaban J connectivity index is 1.47. The van der Waals surface area contributed by atoms with E-state index in [4.69, 9.17) is 4.74 Å². The molecule has 1 aromatic carbocycles. The summed E-state index contributed by atoms with van der Waals surface area (Å²) in [5.41, 5.74) is 0.494. The molecule has 0 unspecified atom stereocenters. The summed E-state index contributed by atoms with van der Waals surface area (Å²) in [6.45, 7) is 10.1. The lowest BCUT2D eigenvalue weighted by Crippen LogP contribution is -2.55. The summed E-state index contributed by atoms with van der Waals surface area (Å²) in [6, 6.07) is 7.61. The third-order valence-electron chi connectivity index (χ3n) is 5.39. The fourth-order valence-electron chi connectivity index (χ4n) is 3.90. The van der Waals surface area contributed by atoms with Gasteiger partial charge < -0.3 is 15.0 Å². The molecule has 1 N–H and O–H groups in total. The normalized spacial score (nSPS) is 19.8. The molecule has 0 atom stereocenters. The van der Waals surface area contributed by atoms with Crippen LogP contribution in [0, 0.1) is 12.8 Å². The lowest BCUT2D eigenvalue weighted by molar-refractivity contribution is -0.133. The van der Waals surface area contributed by atoms with Crippen LogP contribution in [0.3, 0.4) is 0 Å². The number of carbonyl (C=O) groups is 2. The second-order valence-corrected chi connectivity index (χ2v) is 8.18. The largest absolute Gasteiger partial charge is 0.494 e. The lowest BCUT2D eigenvalue weighted by atomic mass is 9.87. The van der Waals surface area contributed by atoms with E-state index in [1.54, 1.807) is 0 Å². The second-order valence-electron chi connectivity index (χ2n) is 8.18. The average Bonchev–Trinajstić information content (AvgIpc) is 2.86. The minimum absolute atomic E-state index is 0.0629. The Kier molecular flexibility index (Phi) is 6.05. The van der Waals surface area contributed by atoms with E-state index in [1.807, 2.05) is 31.2 Å². The molecule has 1 aromatic rings. The van der Waals surface area contributed by atoms with Crippen LogP contribution in [0.25, 0.3) is 0 Å². The summed E-state index contributed by atoms with van der Waals surface area (Å²) in [6.07, 6.45) is 2.02. The Labute approximate surface area is 161 Å². The number of rotatable bonds is 7. The molecule has 3 rings (SSSR count). The van der Waals surface area contributed by atoms with Crippen molar-refractivity contribution in [1.29, 1.82) is 0 Å². The van der Waals surface area contributed by atoms with Gasteiger partial charge in [0.1, 0.15) is 11.3 Å². The second kappa shape index (κ2) is 8.30. The molecule has 0 aliphatic carbocycles. The number of nitrogens with zero attached hydrogens (tertiary/aromatic N) is 2. The molecule has 2 fully saturated rings. The molecule has 2 aliphatic heterocycles. The van der Waals surface area contributed by atoms with Crippen LogP contribution in [0.1, 0.15) is 38.7 Å². The molecule has 0 aromatic heterocycles. The van der Waals surface area contributed by atoms with Crippen molar-refractivity contribution >= 4 is 11.9 Å². The lowest BCUT2D eigenvalue weighted by Gasteiger charge is -2.37. The molecule has 27 heavy (non-hydrogen) atoms. The maximum absolute atomic E-state index is 12.9. The molecule has 6 nitrogen and oxygen atoms in total. The maximum Gasteiger partial charge on any atom is 0.325 e. The van der Waals surface area contributed by atoms with E-state index in [0.29, 0.717) is 38.3 Å². The number of piperidine rings is 1. The maximum atomic E-state index is 12.9. The Morgan fingerprint density at radius 1 is 1.15 bits per heavy atom. The first-order chi connectivity index (χ1) is 12.9. The summed E-state index contributed by atoms with van der Waals surface area (Å²) >= 11 is 0. The van der Waals surface area contributed by atoms with E-state index in [1.165, 1.54) is 10.5 Å². The molecule has 1 spiro atoms. The predicted octanol–water partition coefficient (Wildman–Crippen LogP) is 2.81. The molecular formula is C21H31N3O3. The van der Waals surface area contributed by atoms with Gasteiger partial charge >= 0.3 is 6.03 Å². The first kappa shape index (κ1) is 19.7. The average molecular weight is 373 g/mol. The number of likely N-dealkylation sites (tertiary alicyclic amines) is 1. The van der Waals surface area contributed by atoms with Gasteiger partial charge in [-0.15, -0.1) is 0 Å². The van der Waals surface area contributed by atoms with Crippen LogP contribution >= 0.6 is 0 Å². The molecule has 0 bridgehead atoms. The van der Waals surface area contributed by atoms with Crippen LogP contribution in [-0.4, -0.2) is 60.1 Å². The summed E-state index contributed by atoms with van der Waals surface area (Å²) in [4.78, 5) is 29.0. The van der Waals surface area contributed by atoms with Crippen LogP contribution in [0.15, 0.2) is 24.3 Å². The summed E-state index contributed by atoms with van der Waals surface area (Å²) < 4.78 is 5.70. The van der Waals surface area contributed by atoms with Crippen molar-refractivity contribution in [3.05, 3.63) is 29.8 Å². The quantitative estimate of drug-likeness (QED) is 0.590. The van der Waals surface area contributed by atoms with Gasteiger partial charge in [-0.25, -0.2) is 4.79 Å². The first-order valence-corrected chi connectivity index (χ1v) is 9.95. The van der Waals surface area contributed by atoms with Gasteiger partial charge in [-0.3, -0.25) is 9.69 Å². The van der Waals surface area contributed by atoms with Crippen LogP contribution in [0.2, 0.25) is 0 Å². The highest BCUT2D eigenvalue weighted by Crippen LogP contribution is 2.29. The number of carbonyl (C=O) groups excluding carboxylic acids is 2. The molecule has 148 valence electrons. The number of nitrogens with one attached hydrogen (secondary N) is 1. The van der Waals surface area contributed by atoms with Crippen LogP contribution < -0.4 is 10.1 Å². The van der Waals surface area contributed by atoms with E-state index in [2.05, 4.69) is 24.1 Å². The van der Waals surface area contributed by atoms with Gasteiger partial charge in [0, 0.05) is 26.2 Å². The van der Waals surface area contributed by atoms with Crippen molar-refractivity contribution in [2.24, 2.45) is 5.92 Å². The molecule has 2 aliphatic rings. The molecule has 6 heteroatoms. The zero-order valence-corrected chi connectivity index (χ0v) is 16.7. The number of aryl methyl sites for hydroxylation is 1. The Bertz CT molecular complexity index is 664. The minimum atomic E-state index is -0.692. The van der Waals surface area contributed by atoms with E-state index < -0.39 is 5.54 Å². The first-order valence-electron chi connectivity index (χ1n) is 9.95. The van der Waals surface area contributed by atoms with Gasteiger partial charge in [-0.1, -0.05) is 31.5 Å². The van der Waals surface area contributed by atoms with Gasteiger partial charge in [0.15, 0.2) is 0 Å². The molecule has 0 radical (unpaired) electrons. The Morgan fingerprint density at radius 2 is 1.81 bits per heavy atom. The van der Waals surface area contributed by atoms with E-state index in [0.717, 1.165) is 25.4 Å². The number of amides is 3. The highest BCUT2D eigenvalue weighted by Gasteiger charge is 2.51. The Morgan fingerprint density at radius 3 is 2.44 bits per heavy atom. The Hall–Kier alpha value is -2.08. The number of ether oxygens (including phenoxy) is 1. The third-order valence-corrected chi connectivity index (χ3v) is 5.39. The summed E-state index contributed by atoms with van der Waals surface area (Å²) in [5, 5.41) is 2.98. The number of imide groups is 1. The fourth-order valence-corrected chi connectivity index (χ4v) is 3.90. The number of hydrogen-bond acceptors (Lipinski definition) is 4. The van der Waals surface area contributed by atoms with Crippen molar-refractivity contribution < 1.29 is 14.3 Å². The van der Waals surface area contributed by atoms with Gasteiger partial charge in [0.05, 0.1) is 6.61 Å². The van der Waals surface area contributed by atoms with Crippen LogP contribution in [0.4, 0.5) is 4.79 Å². The van der Waals surface area contributed by atoms with E-state index >= 15 is 0 Å². The van der Waals surface area contributed by atoms with Crippen LogP contribution in [0.5, 0.6) is 5.75 Å². The molecule has 2 heterocycles. The highest BCUT2D eigenvalue weighted by atomic mass is 16.5. The number of urea groups is 1. The van der Waals surface area contributed by atoms with Gasteiger partial charge in [-0.05, 0) is 44.2 Å². The number of hydrogen-bond donors (Lipinski definition) is 1. The zero-order chi connectivity index (χ0) is 19.4.